The van der Waals surface area contributed by atoms with Crippen LogP contribution in [0, 0.1) is 23.2 Å². The maximum absolute atomic E-state index is 3.53. The molecule has 2 rings (SSSR count). The van der Waals surface area contributed by atoms with Crippen molar-refractivity contribution in [1.29, 1.82) is 0 Å². The van der Waals surface area contributed by atoms with E-state index in [-0.39, 0.29) is 0 Å². The Kier molecular flexibility index (Phi) is 3.39. The van der Waals surface area contributed by atoms with E-state index in [9.17, 15) is 0 Å². The summed E-state index contributed by atoms with van der Waals surface area (Å²) in [5.41, 5.74) is 0.705. The average molecular weight is 209 g/mol. The lowest BCUT2D eigenvalue weighted by molar-refractivity contribution is 0.00432. The minimum Gasteiger partial charge on any atom is -0.317 e. The highest BCUT2D eigenvalue weighted by molar-refractivity contribution is 4.95. The van der Waals surface area contributed by atoms with E-state index in [1.54, 1.807) is 0 Å². The van der Waals surface area contributed by atoms with Crippen molar-refractivity contribution in [2.45, 2.75) is 52.9 Å². The highest BCUT2D eigenvalue weighted by Crippen LogP contribution is 2.52. The van der Waals surface area contributed by atoms with Crippen molar-refractivity contribution in [2.75, 3.05) is 13.1 Å². The van der Waals surface area contributed by atoms with Crippen molar-refractivity contribution in [2.24, 2.45) is 23.2 Å². The summed E-state index contributed by atoms with van der Waals surface area (Å²) in [6.45, 7) is 9.85. The topological polar surface area (TPSA) is 12.0 Å². The molecule has 1 spiro atoms. The summed E-state index contributed by atoms with van der Waals surface area (Å²) in [7, 11) is 0. The summed E-state index contributed by atoms with van der Waals surface area (Å²) >= 11 is 0. The summed E-state index contributed by atoms with van der Waals surface area (Å²) in [5.74, 6) is 2.85. The quantitative estimate of drug-likeness (QED) is 0.697. The Hall–Kier alpha value is -0.0400. The highest BCUT2D eigenvalue weighted by Gasteiger charge is 2.44. The standard InChI is InChI=1S/C14H27N/c1-11(2)13-5-4-12(3)10-14(13)6-8-15-9-7-14/h11-13,15H,4-10H2,1-3H3. The van der Waals surface area contributed by atoms with Crippen molar-refractivity contribution >= 4 is 0 Å². The van der Waals surface area contributed by atoms with E-state index >= 15 is 0 Å². The molecule has 0 radical (unpaired) electrons. The van der Waals surface area contributed by atoms with E-state index < -0.39 is 0 Å². The van der Waals surface area contributed by atoms with Crippen LogP contribution in [0.1, 0.15) is 52.9 Å². The molecular formula is C14H27N. The lowest BCUT2D eigenvalue weighted by atomic mass is 9.56. The van der Waals surface area contributed by atoms with Gasteiger partial charge in [-0.05, 0) is 61.9 Å². The van der Waals surface area contributed by atoms with Gasteiger partial charge in [-0.15, -0.1) is 0 Å². The Balaban J connectivity index is 2.14. The Morgan fingerprint density at radius 1 is 1.13 bits per heavy atom. The minimum absolute atomic E-state index is 0.705. The van der Waals surface area contributed by atoms with Crippen molar-refractivity contribution in [3.8, 4) is 0 Å². The third-order valence-electron chi connectivity index (χ3n) is 4.92. The molecule has 2 aliphatic rings. The largest absolute Gasteiger partial charge is 0.317 e. The number of hydrogen-bond acceptors (Lipinski definition) is 1. The van der Waals surface area contributed by atoms with Gasteiger partial charge in [0.1, 0.15) is 0 Å². The Morgan fingerprint density at radius 2 is 1.80 bits per heavy atom. The molecule has 1 N–H and O–H groups in total. The highest BCUT2D eigenvalue weighted by atomic mass is 14.9. The van der Waals surface area contributed by atoms with Crippen LogP contribution in [-0.2, 0) is 0 Å². The first-order chi connectivity index (χ1) is 7.14. The predicted octanol–water partition coefficient (Wildman–Crippen LogP) is 3.45. The molecule has 2 unspecified atom stereocenters. The van der Waals surface area contributed by atoms with Gasteiger partial charge in [0.2, 0.25) is 0 Å². The van der Waals surface area contributed by atoms with E-state index in [2.05, 4.69) is 26.1 Å². The van der Waals surface area contributed by atoms with Crippen LogP contribution in [0.3, 0.4) is 0 Å². The van der Waals surface area contributed by atoms with Gasteiger partial charge in [-0.1, -0.05) is 27.2 Å². The fraction of sp³-hybridized carbons (Fsp3) is 1.00. The van der Waals surface area contributed by atoms with Gasteiger partial charge in [0.25, 0.3) is 0 Å². The minimum atomic E-state index is 0.705. The van der Waals surface area contributed by atoms with Crippen LogP contribution in [0.25, 0.3) is 0 Å². The zero-order valence-electron chi connectivity index (χ0n) is 10.7. The molecule has 1 aliphatic heterocycles. The molecule has 15 heavy (non-hydrogen) atoms. The van der Waals surface area contributed by atoms with Gasteiger partial charge in [-0.25, -0.2) is 0 Å². The number of nitrogens with one attached hydrogen (secondary N) is 1. The maximum atomic E-state index is 3.53. The number of hydrogen-bond donors (Lipinski definition) is 1. The summed E-state index contributed by atoms with van der Waals surface area (Å²) in [6, 6.07) is 0. The SMILES string of the molecule is CC1CCC(C(C)C)C2(CCNCC2)C1. The van der Waals surface area contributed by atoms with Gasteiger partial charge in [0.05, 0.1) is 0 Å². The summed E-state index contributed by atoms with van der Waals surface area (Å²) in [4.78, 5) is 0. The molecule has 1 saturated heterocycles. The Morgan fingerprint density at radius 3 is 2.40 bits per heavy atom. The van der Waals surface area contributed by atoms with Gasteiger partial charge in [0.15, 0.2) is 0 Å². The summed E-state index contributed by atoms with van der Waals surface area (Å²) < 4.78 is 0. The van der Waals surface area contributed by atoms with Crippen molar-refractivity contribution < 1.29 is 0 Å². The lowest BCUT2D eigenvalue weighted by Crippen LogP contribution is -2.46. The van der Waals surface area contributed by atoms with Crippen LogP contribution >= 0.6 is 0 Å². The predicted molar refractivity (Wildman–Crippen MR) is 65.9 cm³/mol. The Bertz CT molecular complexity index is 203. The van der Waals surface area contributed by atoms with E-state index in [1.807, 2.05) is 0 Å². The third kappa shape index (κ3) is 2.22. The van der Waals surface area contributed by atoms with Gasteiger partial charge >= 0.3 is 0 Å². The first-order valence-electron chi connectivity index (χ1n) is 6.85. The molecule has 1 heterocycles. The zero-order valence-corrected chi connectivity index (χ0v) is 10.7. The molecular weight excluding hydrogens is 182 g/mol. The number of piperidine rings is 1. The molecule has 1 heteroatoms. The van der Waals surface area contributed by atoms with Crippen LogP contribution in [0.5, 0.6) is 0 Å². The van der Waals surface area contributed by atoms with Gasteiger partial charge in [-0.3, -0.25) is 0 Å². The van der Waals surface area contributed by atoms with Crippen molar-refractivity contribution in [3.63, 3.8) is 0 Å². The molecule has 0 aromatic carbocycles. The molecule has 0 amide bonds. The maximum Gasteiger partial charge on any atom is -0.00435 e. The first kappa shape index (κ1) is 11.4. The second-order valence-electron chi connectivity index (χ2n) is 6.35. The molecule has 1 saturated carbocycles. The third-order valence-corrected chi connectivity index (χ3v) is 4.92. The molecule has 0 bridgehead atoms. The number of rotatable bonds is 1. The molecule has 2 fully saturated rings. The van der Waals surface area contributed by atoms with Gasteiger partial charge in [0, 0.05) is 0 Å². The molecule has 0 aromatic heterocycles. The summed E-state index contributed by atoms with van der Waals surface area (Å²) in [5, 5.41) is 3.53. The van der Waals surface area contributed by atoms with Crippen molar-refractivity contribution in [3.05, 3.63) is 0 Å². The molecule has 88 valence electrons. The van der Waals surface area contributed by atoms with E-state index in [1.165, 1.54) is 45.2 Å². The van der Waals surface area contributed by atoms with Gasteiger partial charge in [-0.2, -0.15) is 0 Å². The summed E-state index contributed by atoms with van der Waals surface area (Å²) in [6.07, 6.45) is 7.31. The average Bonchev–Trinajstić information content (AvgIpc) is 2.18. The second kappa shape index (κ2) is 4.45. The van der Waals surface area contributed by atoms with E-state index in [0.29, 0.717) is 5.41 Å². The van der Waals surface area contributed by atoms with E-state index in [0.717, 1.165) is 17.8 Å². The normalized spacial score (nSPS) is 36.0. The fourth-order valence-corrected chi connectivity index (χ4v) is 4.26. The van der Waals surface area contributed by atoms with Crippen LogP contribution < -0.4 is 5.32 Å². The van der Waals surface area contributed by atoms with Gasteiger partial charge < -0.3 is 5.32 Å². The smallest absolute Gasteiger partial charge is 0.00435 e. The molecule has 2 atom stereocenters. The molecule has 1 aliphatic carbocycles. The van der Waals surface area contributed by atoms with Crippen LogP contribution in [0.15, 0.2) is 0 Å². The second-order valence-corrected chi connectivity index (χ2v) is 6.35. The monoisotopic (exact) mass is 209 g/mol. The fourth-order valence-electron chi connectivity index (χ4n) is 4.26. The lowest BCUT2D eigenvalue weighted by Gasteiger charge is -2.51. The van der Waals surface area contributed by atoms with Crippen molar-refractivity contribution in [1.82, 2.24) is 5.32 Å². The van der Waals surface area contributed by atoms with Crippen LogP contribution in [0.4, 0.5) is 0 Å². The molecule has 0 aromatic rings. The zero-order chi connectivity index (χ0) is 10.9. The first-order valence-corrected chi connectivity index (χ1v) is 6.85. The van der Waals surface area contributed by atoms with E-state index in [4.69, 9.17) is 0 Å². The van der Waals surface area contributed by atoms with Crippen LogP contribution in [0.2, 0.25) is 0 Å². The Labute approximate surface area is 95.0 Å². The molecule has 1 nitrogen and oxygen atoms in total. The van der Waals surface area contributed by atoms with Crippen LogP contribution in [-0.4, -0.2) is 13.1 Å².